The molecule has 3 heteroatoms. The molecule has 0 aliphatic heterocycles. The molecule has 5 fully saturated rings. The van der Waals surface area contributed by atoms with Crippen molar-refractivity contribution in [2.45, 2.75) is 154 Å². The SMILES string of the molecule is C=C/C=C\C(=C/C)OCC(=O)NC12CCC(C3CCCCCC(C4CCCCCCCC4)CCC3)(CC1)CC2. The van der Waals surface area contributed by atoms with Gasteiger partial charge in [-0.15, -0.1) is 0 Å². The van der Waals surface area contributed by atoms with E-state index in [-0.39, 0.29) is 18.1 Å². The second-order valence-corrected chi connectivity index (χ2v) is 13.8. The zero-order valence-electron chi connectivity index (χ0n) is 25.3. The van der Waals surface area contributed by atoms with E-state index in [0.29, 0.717) is 5.41 Å². The standard InChI is InChI=1S/C36H59NO2/c1-3-5-22-33(4-2)39-29-34(38)37-36-26-23-35(24-27-36,25-28-36)32-20-14-10-13-18-31(19-15-21-32)30-16-11-8-6-7-9-12-17-30/h3-5,22,30-32H,1,6-21,23-29H2,2H3,(H,37,38)/b22-5-,33-4+. The van der Waals surface area contributed by atoms with Gasteiger partial charge in [0.15, 0.2) is 6.61 Å². The van der Waals surface area contributed by atoms with E-state index in [0.717, 1.165) is 42.8 Å². The van der Waals surface area contributed by atoms with E-state index in [1.165, 1.54) is 122 Å². The topological polar surface area (TPSA) is 38.3 Å². The van der Waals surface area contributed by atoms with Crippen LogP contribution in [0.4, 0.5) is 0 Å². The zero-order valence-corrected chi connectivity index (χ0v) is 25.3. The summed E-state index contributed by atoms with van der Waals surface area (Å²) in [5.74, 6) is 3.67. The van der Waals surface area contributed by atoms with Crippen molar-refractivity contribution in [3.63, 3.8) is 0 Å². The van der Waals surface area contributed by atoms with Crippen LogP contribution in [-0.2, 0) is 9.53 Å². The highest BCUT2D eigenvalue weighted by Gasteiger charge is 2.52. The zero-order chi connectivity index (χ0) is 27.4. The van der Waals surface area contributed by atoms with Crippen LogP contribution in [0.3, 0.4) is 0 Å². The summed E-state index contributed by atoms with van der Waals surface area (Å²) in [5, 5.41) is 3.44. The van der Waals surface area contributed by atoms with Crippen molar-refractivity contribution in [3.8, 4) is 0 Å². The Labute approximate surface area is 240 Å². The number of rotatable bonds is 8. The lowest BCUT2D eigenvalue weighted by molar-refractivity contribution is -0.129. The predicted molar refractivity (Wildman–Crippen MR) is 164 cm³/mol. The van der Waals surface area contributed by atoms with Gasteiger partial charge in [-0.05, 0) is 93.6 Å². The largest absolute Gasteiger partial charge is 0.484 e. The second kappa shape index (κ2) is 15.5. The quantitative estimate of drug-likeness (QED) is 0.247. The molecule has 0 aromatic rings. The summed E-state index contributed by atoms with van der Waals surface area (Å²) < 4.78 is 5.75. The van der Waals surface area contributed by atoms with Crippen molar-refractivity contribution in [1.29, 1.82) is 0 Å². The van der Waals surface area contributed by atoms with Gasteiger partial charge in [0.1, 0.15) is 5.76 Å². The van der Waals surface area contributed by atoms with Crippen LogP contribution in [0.25, 0.3) is 0 Å². The molecular weight excluding hydrogens is 478 g/mol. The molecule has 3 nitrogen and oxygen atoms in total. The van der Waals surface area contributed by atoms with Gasteiger partial charge < -0.3 is 10.1 Å². The average molecular weight is 538 g/mol. The first-order valence-electron chi connectivity index (χ1n) is 17.0. The van der Waals surface area contributed by atoms with Gasteiger partial charge in [0.2, 0.25) is 0 Å². The maximum Gasteiger partial charge on any atom is 0.258 e. The fraction of sp³-hybridized carbons (Fsp3) is 0.806. The Hall–Kier alpha value is -1.51. The summed E-state index contributed by atoms with van der Waals surface area (Å²) in [6.45, 7) is 5.73. The minimum atomic E-state index is 0.00719. The van der Waals surface area contributed by atoms with Crippen molar-refractivity contribution in [2.24, 2.45) is 23.2 Å². The number of allylic oxidation sites excluding steroid dienone is 4. The molecule has 5 saturated carbocycles. The van der Waals surface area contributed by atoms with Gasteiger partial charge in [-0.3, -0.25) is 4.79 Å². The molecule has 220 valence electrons. The number of nitrogens with one attached hydrogen (secondary N) is 1. The highest BCUT2D eigenvalue weighted by Crippen LogP contribution is 2.58. The third kappa shape index (κ3) is 8.74. The molecule has 2 unspecified atom stereocenters. The van der Waals surface area contributed by atoms with Crippen LogP contribution in [0, 0.1) is 23.2 Å². The fourth-order valence-electron chi connectivity index (χ4n) is 8.99. The van der Waals surface area contributed by atoms with E-state index in [9.17, 15) is 4.79 Å². The Balaban J connectivity index is 1.28. The van der Waals surface area contributed by atoms with Crippen molar-refractivity contribution in [3.05, 3.63) is 36.6 Å². The lowest BCUT2D eigenvalue weighted by Crippen LogP contribution is -2.58. The lowest BCUT2D eigenvalue weighted by atomic mass is 9.51. The summed E-state index contributed by atoms with van der Waals surface area (Å²) in [4.78, 5) is 12.8. The smallest absolute Gasteiger partial charge is 0.258 e. The first-order chi connectivity index (χ1) is 19.1. The molecule has 2 atom stereocenters. The van der Waals surface area contributed by atoms with Gasteiger partial charge in [-0.1, -0.05) is 109 Å². The number of ether oxygens (including phenoxy) is 1. The van der Waals surface area contributed by atoms with Crippen LogP contribution in [0.2, 0.25) is 0 Å². The molecule has 0 heterocycles. The molecule has 0 radical (unpaired) electrons. The van der Waals surface area contributed by atoms with Gasteiger partial charge in [0.25, 0.3) is 5.91 Å². The summed E-state index contributed by atoms with van der Waals surface area (Å²) in [6, 6.07) is 0. The average Bonchev–Trinajstić information content (AvgIpc) is 3.11. The summed E-state index contributed by atoms with van der Waals surface area (Å²) in [6.07, 6.45) is 38.4. The monoisotopic (exact) mass is 537 g/mol. The minimum absolute atomic E-state index is 0.00719. The summed E-state index contributed by atoms with van der Waals surface area (Å²) in [5.41, 5.74) is 0.552. The third-order valence-electron chi connectivity index (χ3n) is 11.4. The molecule has 0 aromatic heterocycles. The van der Waals surface area contributed by atoms with Gasteiger partial charge >= 0.3 is 0 Å². The first-order valence-corrected chi connectivity index (χ1v) is 17.0. The highest BCUT2D eigenvalue weighted by molar-refractivity contribution is 5.78. The van der Waals surface area contributed by atoms with Crippen molar-refractivity contribution in [2.75, 3.05) is 6.61 Å². The van der Waals surface area contributed by atoms with Crippen LogP contribution in [0.1, 0.15) is 148 Å². The Morgan fingerprint density at radius 3 is 1.87 bits per heavy atom. The Bertz CT molecular complexity index is 791. The van der Waals surface area contributed by atoms with Crippen LogP contribution in [-0.4, -0.2) is 18.1 Å². The van der Waals surface area contributed by atoms with Gasteiger partial charge in [0.05, 0.1) is 0 Å². The van der Waals surface area contributed by atoms with Crippen molar-refractivity contribution in [1.82, 2.24) is 5.32 Å². The van der Waals surface area contributed by atoms with E-state index in [2.05, 4.69) is 11.9 Å². The molecular formula is C36H59NO2. The summed E-state index contributed by atoms with van der Waals surface area (Å²) in [7, 11) is 0. The molecule has 5 aliphatic rings. The molecule has 1 N–H and O–H groups in total. The van der Waals surface area contributed by atoms with Crippen LogP contribution < -0.4 is 5.32 Å². The number of fused-ring (bicyclic) bond motifs is 3. The highest BCUT2D eigenvalue weighted by atomic mass is 16.5. The van der Waals surface area contributed by atoms with E-state index in [4.69, 9.17) is 4.74 Å². The lowest BCUT2D eigenvalue weighted by Gasteiger charge is -2.57. The van der Waals surface area contributed by atoms with Gasteiger partial charge in [0, 0.05) is 5.54 Å². The summed E-state index contributed by atoms with van der Waals surface area (Å²) >= 11 is 0. The Morgan fingerprint density at radius 2 is 1.28 bits per heavy atom. The van der Waals surface area contributed by atoms with Crippen LogP contribution in [0.5, 0.6) is 0 Å². The maximum absolute atomic E-state index is 12.8. The number of hydrogen-bond acceptors (Lipinski definition) is 2. The maximum atomic E-state index is 12.8. The number of carbonyl (C=O) groups excluding carboxylic acids is 1. The molecule has 0 aromatic carbocycles. The number of carbonyl (C=O) groups is 1. The predicted octanol–water partition coefficient (Wildman–Crippen LogP) is 9.98. The molecule has 5 aliphatic carbocycles. The fourth-order valence-corrected chi connectivity index (χ4v) is 8.99. The van der Waals surface area contributed by atoms with Crippen LogP contribution in [0.15, 0.2) is 36.6 Å². The second-order valence-electron chi connectivity index (χ2n) is 13.8. The molecule has 2 bridgehead atoms. The molecule has 39 heavy (non-hydrogen) atoms. The van der Waals surface area contributed by atoms with Gasteiger partial charge in [-0.25, -0.2) is 0 Å². The molecule has 5 rings (SSSR count). The van der Waals surface area contributed by atoms with E-state index >= 15 is 0 Å². The molecule has 1 amide bonds. The first kappa shape index (κ1) is 30.4. The molecule has 0 spiro atoms. The minimum Gasteiger partial charge on any atom is -0.484 e. The normalized spacial score (nSPS) is 34.0. The third-order valence-corrected chi connectivity index (χ3v) is 11.4. The van der Waals surface area contributed by atoms with Gasteiger partial charge in [-0.2, -0.15) is 0 Å². The van der Waals surface area contributed by atoms with E-state index < -0.39 is 0 Å². The van der Waals surface area contributed by atoms with Crippen molar-refractivity contribution >= 4 is 5.91 Å². The molecule has 0 saturated heterocycles. The Morgan fingerprint density at radius 1 is 0.769 bits per heavy atom. The van der Waals surface area contributed by atoms with E-state index in [1.54, 1.807) is 6.08 Å². The van der Waals surface area contributed by atoms with E-state index in [1.807, 2.05) is 25.2 Å². The number of hydrogen-bond donors (Lipinski definition) is 1. The Kier molecular flexibility index (Phi) is 12.1. The van der Waals surface area contributed by atoms with Crippen molar-refractivity contribution < 1.29 is 9.53 Å². The van der Waals surface area contributed by atoms with Crippen LogP contribution >= 0.6 is 0 Å². The number of amides is 1.